The second kappa shape index (κ2) is 8.29. The Bertz CT molecular complexity index is 1150. The predicted octanol–water partition coefficient (Wildman–Crippen LogP) is 4.31. The molecule has 5 nitrogen and oxygen atoms in total. The summed E-state index contributed by atoms with van der Waals surface area (Å²) in [7, 11) is 0. The molecule has 1 amide bonds. The second-order valence-corrected chi connectivity index (χ2v) is 7.33. The summed E-state index contributed by atoms with van der Waals surface area (Å²) in [5, 5.41) is 0. The Morgan fingerprint density at radius 1 is 1.03 bits per heavy atom. The Kier molecular flexibility index (Phi) is 5.54. The van der Waals surface area contributed by atoms with Gasteiger partial charge in [0, 0.05) is 37.1 Å². The number of nitrogens with one attached hydrogen (secondary N) is 1. The van der Waals surface area contributed by atoms with Gasteiger partial charge in [0.25, 0.3) is 0 Å². The van der Waals surface area contributed by atoms with E-state index in [0.717, 1.165) is 23.3 Å². The monoisotopic (exact) mass is 428 g/mol. The molecule has 4 rings (SSSR count). The first kappa shape index (κ1) is 20.7. The van der Waals surface area contributed by atoms with Gasteiger partial charge in [0.2, 0.25) is 5.91 Å². The highest BCUT2D eigenvalue weighted by Crippen LogP contribution is 2.32. The number of hydrogen-bond acceptors (Lipinski definition) is 3. The molecule has 8 heteroatoms. The number of hydrogen-bond donors (Lipinski definition) is 1. The van der Waals surface area contributed by atoms with E-state index >= 15 is 0 Å². The zero-order valence-corrected chi connectivity index (χ0v) is 16.4. The van der Waals surface area contributed by atoms with Crippen LogP contribution in [-0.4, -0.2) is 22.3 Å². The lowest BCUT2D eigenvalue weighted by Crippen LogP contribution is -2.37. The van der Waals surface area contributed by atoms with Gasteiger partial charge in [-0.25, -0.2) is 0 Å². The van der Waals surface area contributed by atoms with E-state index in [4.69, 9.17) is 4.74 Å². The zero-order valence-electron chi connectivity index (χ0n) is 16.4. The molecule has 1 aromatic heterocycles. The molecule has 0 atom stereocenters. The number of ether oxygens (including phenoxy) is 1. The molecule has 31 heavy (non-hydrogen) atoms. The molecule has 0 fully saturated rings. The molecule has 3 aromatic rings. The summed E-state index contributed by atoms with van der Waals surface area (Å²) in [5.41, 5.74) is 1.48. The molecular weight excluding hydrogens is 409 g/mol. The highest BCUT2D eigenvalue weighted by Gasteiger charge is 2.30. The maximum Gasteiger partial charge on any atom is 0.416 e. The number of rotatable bonds is 4. The van der Waals surface area contributed by atoms with Crippen LogP contribution in [0.1, 0.15) is 22.3 Å². The quantitative estimate of drug-likeness (QED) is 0.674. The molecular formula is C23H19F3N2O3. The lowest BCUT2D eigenvalue weighted by atomic mass is 9.99. The number of amides is 1. The third-order valence-electron chi connectivity index (χ3n) is 5.21. The maximum atomic E-state index is 12.7. The molecule has 0 radical (unpaired) electrons. The first-order chi connectivity index (χ1) is 14.8. The second-order valence-electron chi connectivity index (χ2n) is 7.33. The number of halogens is 3. The fourth-order valence-corrected chi connectivity index (χ4v) is 3.52. The van der Waals surface area contributed by atoms with Crippen LogP contribution in [-0.2, 0) is 30.4 Å². The first-order valence-corrected chi connectivity index (χ1v) is 9.70. The van der Waals surface area contributed by atoms with Crippen molar-refractivity contribution in [1.29, 1.82) is 0 Å². The number of aromatic amines is 1. The number of carbonyl (C=O) groups excluding carboxylic acids is 1. The third-order valence-corrected chi connectivity index (χ3v) is 5.21. The minimum absolute atomic E-state index is 0.0211. The van der Waals surface area contributed by atoms with Crippen LogP contribution < -0.4 is 10.2 Å². The number of aromatic nitrogens is 1. The third kappa shape index (κ3) is 4.79. The molecule has 1 aliphatic rings. The summed E-state index contributed by atoms with van der Waals surface area (Å²) >= 11 is 0. The summed E-state index contributed by atoms with van der Waals surface area (Å²) in [6.45, 7) is 0.929. The number of pyridine rings is 1. The molecule has 0 bridgehead atoms. The molecule has 0 saturated carbocycles. The highest BCUT2D eigenvalue weighted by atomic mass is 19.4. The van der Waals surface area contributed by atoms with Crippen molar-refractivity contribution in [3.63, 3.8) is 0 Å². The van der Waals surface area contributed by atoms with E-state index < -0.39 is 11.7 Å². The maximum absolute atomic E-state index is 12.7. The van der Waals surface area contributed by atoms with Gasteiger partial charge < -0.3 is 14.6 Å². The number of H-pyrrole nitrogens is 1. The van der Waals surface area contributed by atoms with Gasteiger partial charge in [-0.1, -0.05) is 6.07 Å². The fourth-order valence-electron chi connectivity index (χ4n) is 3.52. The van der Waals surface area contributed by atoms with Crippen LogP contribution in [0.3, 0.4) is 0 Å². The Labute approximate surface area is 176 Å². The van der Waals surface area contributed by atoms with Crippen LogP contribution >= 0.6 is 0 Å². The van der Waals surface area contributed by atoms with E-state index in [1.807, 2.05) is 6.07 Å². The van der Waals surface area contributed by atoms with Crippen LogP contribution in [0, 0.1) is 0 Å². The van der Waals surface area contributed by atoms with Crippen molar-refractivity contribution in [2.75, 3.05) is 6.54 Å². The molecule has 2 heterocycles. The lowest BCUT2D eigenvalue weighted by Gasteiger charge is -2.29. The smallest absolute Gasteiger partial charge is 0.416 e. The van der Waals surface area contributed by atoms with Gasteiger partial charge in [0.1, 0.15) is 11.5 Å². The molecule has 1 aliphatic heterocycles. The molecule has 1 N–H and O–H groups in total. The van der Waals surface area contributed by atoms with Crippen molar-refractivity contribution in [2.45, 2.75) is 25.6 Å². The molecule has 160 valence electrons. The normalized spacial score (nSPS) is 13.6. The van der Waals surface area contributed by atoms with Crippen LogP contribution in [0.5, 0.6) is 11.5 Å². The summed E-state index contributed by atoms with van der Waals surface area (Å²) in [4.78, 5) is 29.0. The standard InChI is InChI=1S/C23H19F3N2O3/c24-23(25,26)18-2-5-19(6-3-18)31-20-4-1-15-8-10-28(14-17(15)11-20)22(30)12-16-13-27-9-7-21(16)29/h1-7,9,11,13H,8,10,12,14H2,(H,27,29). The Hall–Kier alpha value is -3.55. The van der Waals surface area contributed by atoms with Gasteiger partial charge in [-0.05, 0) is 53.9 Å². The average molecular weight is 428 g/mol. The number of nitrogens with zero attached hydrogens (tertiary/aromatic N) is 1. The van der Waals surface area contributed by atoms with Gasteiger partial charge in [0.05, 0.1) is 12.0 Å². The molecule has 0 saturated heterocycles. The molecule has 0 aliphatic carbocycles. The Balaban J connectivity index is 1.46. The van der Waals surface area contributed by atoms with Gasteiger partial charge in [-0.15, -0.1) is 0 Å². The van der Waals surface area contributed by atoms with E-state index in [1.165, 1.54) is 30.6 Å². The summed E-state index contributed by atoms with van der Waals surface area (Å²) in [6, 6.07) is 11.3. The topological polar surface area (TPSA) is 62.4 Å². The van der Waals surface area contributed by atoms with Gasteiger partial charge in [-0.2, -0.15) is 13.2 Å². The van der Waals surface area contributed by atoms with E-state index in [1.54, 1.807) is 17.0 Å². The van der Waals surface area contributed by atoms with Crippen LogP contribution in [0.4, 0.5) is 13.2 Å². The van der Waals surface area contributed by atoms with Crippen molar-refractivity contribution in [1.82, 2.24) is 9.88 Å². The van der Waals surface area contributed by atoms with Crippen LogP contribution in [0.2, 0.25) is 0 Å². The van der Waals surface area contributed by atoms with Gasteiger partial charge in [0.15, 0.2) is 5.43 Å². The number of benzene rings is 2. The van der Waals surface area contributed by atoms with E-state index in [-0.39, 0.29) is 17.8 Å². The van der Waals surface area contributed by atoms with Crippen molar-refractivity contribution in [3.05, 3.63) is 93.4 Å². The SMILES string of the molecule is O=C(Cc1c[nH]ccc1=O)N1CCc2ccc(Oc3ccc(C(F)(F)F)cc3)cc2C1. The first-order valence-electron chi connectivity index (χ1n) is 9.70. The number of carbonyl (C=O) groups is 1. The zero-order chi connectivity index (χ0) is 22.0. The Morgan fingerprint density at radius 2 is 1.77 bits per heavy atom. The highest BCUT2D eigenvalue weighted by molar-refractivity contribution is 5.79. The van der Waals surface area contributed by atoms with Crippen molar-refractivity contribution in [2.24, 2.45) is 0 Å². The molecule has 0 spiro atoms. The van der Waals surface area contributed by atoms with Crippen molar-refractivity contribution in [3.8, 4) is 11.5 Å². The van der Waals surface area contributed by atoms with Crippen LogP contribution in [0.25, 0.3) is 0 Å². The fraction of sp³-hybridized carbons (Fsp3) is 0.217. The van der Waals surface area contributed by atoms with E-state index in [0.29, 0.717) is 36.6 Å². The minimum Gasteiger partial charge on any atom is -0.457 e. The Morgan fingerprint density at radius 3 is 2.48 bits per heavy atom. The minimum atomic E-state index is -4.40. The molecule has 2 aromatic carbocycles. The lowest BCUT2D eigenvalue weighted by molar-refractivity contribution is -0.137. The number of fused-ring (bicyclic) bond motifs is 1. The van der Waals surface area contributed by atoms with Crippen molar-refractivity contribution >= 4 is 5.91 Å². The van der Waals surface area contributed by atoms with E-state index in [2.05, 4.69) is 4.98 Å². The van der Waals surface area contributed by atoms with Gasteiger partial charge >= 0.3 is 6.18 Å². The van der Waals surface area contributed by atoms with Crippen molar-refractivity contribution < 1.29 is 22.7 Å². The summed E-state index contributed by atoms with van der Waals surface area (Å²) < 4.78 is 43.8. The predicted molar refractivity (Wildman–Crippen MR) is 108 cm³/mol. The number of alkyl halides is 3. The van der Waals surface area contributed by atoms with Gasteiger partial charge in [-0.3, -0.25) is 9.59 Å². The van der Waals surface area contributed by atoms with Crippen LogP contribution in [0.15, 0.2) is 65.7 Å². The van der Waals surface area contributed by atoms with E-state index in [9.17, 15) is 22.8 Å². The largest absolute Gasteiger partial charge is 0.457 e. The molecule has 0 unspecified atom stereocenters. The average Bonchev–Trinajstić information content (AvgIpc) is 2.74. The summed E-state index contributed by atoms with van der Waals surface area (Å²) in [5.74, 6) is 0.628. The summed E-state index contributed by atoms with van der Waals surface area (Å²) in [6.07, 6.45) is -0.648.